The molecule has 0 aliphatic carbocycles. The Kier molecular flexibility index (Phi) is 3.94. The first-order valence-corrected chi connectivity index (χ1v) is 6.43. The molecule has 0 amide bonds. The van der Waals surface area contributed by atoms with Gasteiger partial charge in [0.15, 0.2) is 0 Å². The minimum atomic E-state index is -0.0153. The van der Waals surface area contributed by atoms with Crippen LogP contribution in [0.4, 0.5) is 0 Å². The fourth-order valence-electron chi connectivity index (χ4n) is 1.95. The first-order chi connectivity index (χ1) is 9.01. The lowest BCUT2D eigenvalue weighted by atomic mass is 9.97. The van der Waals surface area contributed by atoms with E-state index >= 15 is 0 Å². The molecular formula is C16H20N2O. The highest BCUT2D eigenvalue weighted by atomic mass is 16.3. The van der Waals surface area contributed by atoms with Crippen molar-refractivity contribution in [2.24, 2.45) is 11.3 Å². The van der Waals surface area contributed by atoms with E-state index in [2.05, 4.69) is 38.0 Å². The van der Waals surface area contributed by atoms with Crippen LogP contribution in [0.25, 0.3) is 11.0 Å². The van der Waals surface area contributed by atoms with Gasteiger partial charge in [0.2, 0.25) is 0 Å². The standard InChI is InChI=1S/C16H20N2O/c1-16(2,3)10-6-8-14(18-17)13-11-19-15-9-5-4-7-12(13)15/h4-5,7,9,11,14,18H,8,17H2,1-3H3. The molecule has 0 aliphatic heterocycles. The summed E-state index contributed by atoms with van der Waals surface area (Å²) < 4.78 is 5.54. The number of hydrogen-bond acceptors (Lipinski definition) is 3. The van der Waals surface area contributed by atoms with Crippen molar-refractivity contribution >= 4 is 11.0 Å². The monoisotopic (exact) mass is 256 g/mol. The highest BCUT2D eigenvalue weighted by Crippen LogP contribution is 2.27. The molecule has 0 fully saturated rings. The number of furan rings is 1. The molecule has 1 heterocycles. The molecule has 0 radical (unpaired) electrons. The van der Waals surface area contributed by atoms with Gasteiger partial charge in [0.1, 0.15) is 5.58 Å². The number of fused-ring (bicyclic) bond motifs is 1. The molecule has 1 unspecified atom stereocenters. The third-order valence-corrected chi connectivity index (χ3v) is 2.86. The van der Waals surface area contributed by atoms with Gasteiger partial charge in [-0.1, -0.05) is 24.1 Å². The Hall–Kier alpha value is -1.76. The van der Waals surface area contributed by atoms with E-state index in [0.29, 0.717) is 6.42 Å². The van der Waals surface area contributed by atoms with Crippen molar-refractivity contribution in [2.75, 3.05) is 0 Å². The van der Waals surface area contributed by atoms with Crippen molar-refractivity contribution in [3.63, 3.8) is 0 Å². The molecule has 0 spiro atoms. The summed E-state index contributed by atoms with van der Waals surface area (Å²) in [4.78, 5) is 0. The first kappa shape index (κ1) is 13.7. The number of nitrogens with one attached hydrogen (secondary N) is 1. The molecule has 0 saturated carbocycles. The van der Waals surface area contributed by atoms with Crippen LogP contribution in [0.5, 0.6) is 0 Å². The van der Waals surface area contributed by atoms with Crippen LogP contribution in [0.2, 0.25) is 0 Å². The summed E-state index contributed by atoms with van der Waals surface area (Å²) in [6.45, 7) is 6.29. The molecule has 0 bridgehead atoms. The number of para-hydroxylation sites is 1. The maximum absolute atomic E-state index is 5.65. The van der Waals surface area contributed by atoms with E-state index in [1.165, 1.54) is 0 Å². The third kappa shape index (κ3) is 3.37. The van der Waals surface area contributed by atoms with Crippen molar-refractivity contribution in [2.45, 2.75) is 33.2 Å². The number of nitrogens with two attached hydrogens (primary N) is 1. The first-order valence-electron chi connectivity index (χ1n) is 6.43. The zero-order valence-electron chi connectivity index (χ0n) is 11.7. The Labute approximate surface area is 114 Å². The normalized spacial score (nSPS) is 13.1. The Balaban J connectivity index is 2.24. The molecule has 3 nitrogen and oxygen atoms in total. The minimum Gasteiger partial charge on any atom is -0.464 e. The maximum Gasteiger partial charge on any atom is 0.134 e. The second-order valence-electron chi connectivity index (χ2n) is 5.66. The zero-order valence-corrected chi connectivity index (χ0v) is 11.7. The maximum atomic E-state index is 5.65. The van der Waals surface area contributed by atoms with E-state index in [4.69, 9.17) is 10.3 Å². The minimum absolute atomic E-state index is 0.0115. The molecule has 1 aromatic carbocycles. The van der Waals surface area contributed by atoms with Crippen molar-refractivity contribution < 1.29 is 4.42 Å². The molecular weight excluding hydrogens is 236 g/mol. The van der Waals surface area contributed by atoms with Gasteiger partial charge >= 0.3 is 0 Å². The Morgan fingerprint density at radius 3 is 2.74 bits per heavy atom. The fraction of sp³-hybridized carbons (Fsp3) is 0.375. The second-order valence-corrected chi connectivity index (χ2v) is 5.66. The highest BCUT2D eigenvalue weighted by molar-refractivity contribution is 5.81. The molecule has 19 heavy (non-hydrogen) atoms. The smallest absolute Gasteiger partial charge is 0.134 e. The van der Waals surface area contributed by atoms with Crippen molar-refractivity contribution in [1.29, 1.82) is 0 Å². The summed E-state index contributed by atoms with van der Waals surface area (Å²) in [5, 5.41) is 1.09. The van der Waals surface area contributed by atoms with Gasteiger partial charge in [-0.05, 0) is 26.8 Å². The average Bonchev–Trinajstić information content (AvgIpc) is 2.77. The molecule has 2 aromatic rings. The van der Waals surface area contributed by atoms with E-state index in [1.807, 2.05) is 24.3 Å². The molecule has 0 aliphatic rings. The third-order valence-electron chi connectivity index (χ3n) is 2.86. The number of benzene rings is 1. The van der Waals surface area contributed by atoms with Crippen LogP contribution >= 0.6 is 0 Å². The van der Waals surface area contributed by atoms with Crippen LogP contribution in [0.3, 0.4) is 0 Å². The largest absolute Gasteiger partial charge is 0.464 e. The van der Waals surface area contributed by atoms with Crippen molar-refractivity contribution in [1.82, 2.24) is 5.43 Å². The highest BCUT2D eigenvalue weighted by Gasteiger charge is 2.14. The lowest BCUT2D eigenvalue weighted by Gasteiger charge is -2.12. The summed E-state index contributed by atoms with van der Waals surface area (Å²) in [6.07, 6.45) is 2.42. The van der Waals surface area contributed by atoms with E-state index in [9.17, 15) is 0 Å². The molecule has 1 atom stereocenters. The van der Waals surface area contributed by atoms with Gasteiger partial charge in [-0.25, -0.2) is 0 Å². The summed E-state index contributed by atoms with van der Waals surface area (Å²) in [5.41, 5.74) is 4.77. The van der Waals surface area contributed by atoms with E-state index < -0.39 is 0 Å². The SMILES string of the molecule is CC(C)(C)C#CCC(NN)c1coc2ccccc12. The number of rotatable bonds is 3. The van der Waals surface area contributed by atoms with Crippen LogP contribution in [0, 0.1) is 17.3 Å². The lowest BCUT2D eigenvalue weighted by Crippen LogP contribution is -2.27. The van der Waals surface area contributed by atoms with Gasteiger partial charge in [0.05, 0.1) is 12.3 Å². The molecule has 3 heteroatoms. The Bertz CT molecular complexity index is 611. The van der Waals surface area contributed by atoms with Crippen LogP contribution in [-0.2, 0) is 0 Å². The molecule has 2 rings (SSSR count). The lowest BCUT2D eigenvalue weighted by molar-refractivity contribution is 0.543. The summed E-state index contributed by atoms with van der Waals surface area (Å²) in [5.74, 6) is 12.1. The van der Waals surface area contributed by atoms with E-state index in [1.54, 1.807) is 6.26 Å². The predicted molar refractivity (Wildman–Crippen MR) is 78.1 cm³/mol. The van der Waals surface area contributed by atoms with Crippen LogP contribution < -0.4 is 11.3 Å². The number of hydrogen-bond donors (Lipinski definition) is 2. The van der Waals surface area contributed by atoms with Gasteiger partial charge in [-0.2, -0.15) is 0 Å². The van der Waals surface area contributed by atoms with E-state index in [-0.39, 0.29) is 11.5 Å². The van der Waals surface area contributed by atoms with Crippen LogP contribution in [0.1, 0.15) is 38.8 Å². The van der Waals surface area contributed by atoms with Gasteiger partial charge in [0, 0.05) is 22.8 Å². The summed E-state index contributed by atoms with van der Waals surface area (Å²) >= 11 is 0. The van der Waals surface area contributed by atoms with Gasteiger partial charge in [0.25, 0.3) is 0 Å². The molecule has 0 saturated heterocycles. The van der Waals surface area contributed by atoms with Crippen LogP contribution in [-0.4, -0.2) is 0 Å². The van der Waals surface area contributed by atoms with Gasteiger partial charge < -0.3 is 4.42 Å². The Morgan fingerprint density at radius 2 is 2.05 bits per heavy atom. The van der Waals surface area contributed by atoms with Crippen LogP contribution in [0.15, 0.2) is 34.9 Å². The van der Waals surface area contributed by atoms with Crippen molar-refractivity contribution in [3.05, 3.63) is 36.1 Å². The van der Waals surface area contributed by atoms with E-state index in [0.717, 1.165) is 16.5 Å². The van der Waals surface area contributed by atoms with Gasteiger partial charge in [-0.3, -0.25) is 11.3 Å². The molecule has 3 N–H and O–H groups in total. The second kappa shape index (κ2) is 5.48. The predicted octanol–water partition coefficient (Wildman–Crippen LogP) is 3.38. The summed E-state index contributed by atoms with van der Waals surface area (Å²) in [6, 6.07) is 7.93. The van der Waals surface area contributed by atoms with Crippen molar-refractivity contribution in [3.8, 4) is 11.8 Å². The Morgan fingerprint density at radius 1 is 1.32 bits per heavy atom. The molecule has 1 aromatic heterocycles. The number of hydrazine groups is 1. The zero-order chi connectivity index (χ0) is 13.9. The quantitative estimate of drug-likeness (QED) is 0.503. The fourth-order valence-corrected chi connectivity index (χ4v) is 1.95. The average molecular weight is 256 g/mol. The van der Waals surface area contributed by atoms with Gasteiger partial charge in [-0.15, -0.1) is 5.92 Å². The summed E-state index contributed by atoms with van der Waals surface area (Å²) in [7, 11) is 0. The molecule has 100 valence electrons. The topological polar surface area (TPSA) is 51.2 Å².